The second-order valence-electron chi connectivity index (χ2n) is 21.1. The lowest BCUT2D eigenvalue weighted by molar-refractivity contribution is -0.216. The Morgan fingerprint density at radius 2 is 1.61 bits per heavy atom. The molecule has 5 aromatic rings. The average molecular weight is 977 g/mol. The molecule has 3 aliphatic heterocycles. The first-order valence-corrected chi connectivity index (χ1v) is 26.2. The first-order chi connectivity index (χ1) is 35.1. The van der Waals surface area contributed by atoms with Crippen LogP contribution >= 0.6 is 0 Å². The Morgan fingerprint density at radius 3 is 2.39 bits per heavy atom. The van der Waals surface area contributed by atoms with E-state index in [1.165, 1.54) is 23.8 Å². The fraction of sp³-hybridized carbons (Fsp3) is 0.459. The summed E-state index contributed by atoms with van der Waals surface area (Å²) < 4.78 is 33.1. The van der Waals surface area contributed by atoms with Gasteiger partial charge in [0.25, 0.3) is 0 Å². The van der Waals surface area contributed by atoms with E-state index in [4.69, 9.17) is 23.4 Å². The maximum atomic E-state index is 15.4. The number of esters is 2. The average Bonchev–Trinajstić information content (AvgIpc) is 3.39. The van der Waals surface area contributed by atoms with E-state index in [0.717, 1.165) is 56.1 Å². The maximum Gasteiger partial charge on any atom is 0.340 e. The van der Waals surface area contributed by atoms with Crippen LogP contribution in [0.15, 0.2) is 124 Å². The predicted octanol–water partition coefficient (Wildman–Crippen LogP) is 10.4. The number of fused-ring (bicyclic) bond motifs is 13. The van der Waals surface area contributed by atoms with E-state index >= 15 is 9.59 Å². The van der Waals surface area contributed by atoms with E-state index in [2.05, 4.69) is 84.9 Å². The van der Waals surface area contributed by atoms with Crippen molar-refractivity contribution in [2.45, 2.75) is 133 Å². The van der Waals surface area contributed by atoms with Gasteiger partial charge in [-0.3, -0.25) is 4.79 Å². The molecule has 0 amide bonds. The van der Waals surface area contributed by atoms with E-state index in [0.29, 0.717) is 53.5 Å². The molecule has 2 bridgehead atoms. The molecule has 0 radical (unpaired) electrons. The van der Waals surface area contributed by atoms with Gasteiger partial charge >= 0.3 is 17.6 Å². The van der Waals surface area contributed by atoms with Gasteiger partial charge in [0, 0.05) is 60.3 Å². The molecule has 6 aliphatic rings. The molecule has 3 aliphatic carbocycles. The van der Waals surface area contributed by atoms with Crippen LogP contribution in [0.25, 0.3) is 11.0 Å². The smallest absolute Gasteiger partial charge is 0.340 e. The van der Waals surface area contributed by atoms with Crippen molar-refractivity contribution in [3.8, 4) is 5.75 Å². The van der Waals surface area contributed by atoms with Crippen LogP contribution in [0.5, 0.6) is 5.75 Å². The second-order valence-corrected chi connectivity index (χ2v) is 21.1. The molecule has 1 aromatic heterocycles. The second kappa shape index (κ2) is 21.7. The van der Waals surface area contributed by atoms with Gasteiger partial charge < -0.3 is 38.7 Å². The number of hydrogen-bond acceptors (Lipinski definition) is 11. The van der Waals surface area contributed by atoms with E-state index in [1.807, 2.05) is 6.07 Å². The molecule has 2 saturated carbocycles. The Kier molecular flexibility index (Phi) is 15.0. The fourth-order valence-electron chi connectivity index (χ4n) is 13.3. The molecule has 3 N–H and O–H groups in total. The highest BCUT2D eigenvalue weighted by molar-refractivity contribution is 5.90. The van der Waals surface area contributed by atoms with Crippen LogP contribution in [0.3, 0.4) is 0 Å². The molecule has 0 saturated heterocycles. The summed E-state index contributed by atoms with van der Waals surface area (Å²) in [5, 5.41) is 32.1. The maximum absolute atomic E-state index is 15.4. The van der Waals surface area contributed by atoms with Crippen LogP contribution in [0, 0.1) is 17.8 Å². The quantitative estimate of drug-likeness (QED) is 0.0529. The Morgan fingerprint density at radius 1 is 0.819 bits per heavy atom. The Hall–Kier alpha value is -5.85. The van der Waals surface area contributed by atoms with Crippen LogP contribution in [-0.2, 0) is 43.2 Å². The summed E-state index contributed by atoms with van der Waals surface area (Å²) in [7, 11) is 1.51. The number of rotatable bonds is 10. The first-order valence-electron chi connectivity index (χ1n) is 26.2. The third-order valence-electron chi connectivity index (χ3n) is 16.8. The normalized spacial score (nSPS) is 27.4. The zero-order valence-electron chi connectivity index (χ0n) is 41.6. The number of methoxy groups -OCH3 is 1. The highest BCUT2D eigenvalue weighted by Gasteiger charge is 2.62. The Balaban J connectivity index is 1.12. The first kappa shape index (κ1) is 49.7. The molecule has 378 valence electrons. The van der Waals surface area contributed by atoms with E-state index in [-0.39, 0.29) is 79.0 Å². The third kappa shape index (κ3) is 9.73. The molecule has 11 nitrogen and oxygen atoms in total. The Labute approximate surface area is 421 Å². The van der Waals surface area contributed by atoms with Gasteiger partial charge in [-0.05, 0) is 128 Å². The molecule has 72 heavy (non-hydrogen) atoms. The van der Waals surface area contributed by atoms with E-state index < -0.39 is 47.9 Å². The van der Waals surface area contributed by atoms with Gasteiger partial charge in [0.05, 0.1) is 25.4 Å². The molecule has 4 heterocycles. The predicted molar refractivity (Wildman–Crippen MR) is 274 cm³/mol. The molecule has 4 aromatic carbocycles. The highest BCUT2D eigenvalue weighted by Crippen LogP contribution is 2.58. The number of aliphatic hydroxyl groups excluding tert-OH is 3. The van der Waals surface area contributed by atoms with Gasteiger partial charge in [-0.1, -0.05) is 110 Å². The fourth-order valence-corrected chi connectivity index (χ4v) is 13.3. The minimum atomic E-state index is -1.28. The van der Waals surface area contributed by atoms with Crippen LogP contribution in [0.4, 0.5) is 0 Å². The van der Waals surface area contributed by atoms with Gasteiger partial charge in [-0.15, -0.1) is 0 Å². The van der Waals surface area contributed by atoms with Gasteiger partial charge in [0.1, 0.15) is 11.3 Å². The summed E-state index contributed by atoms with van der Waals surface area (Å²) in [4.78, 5) is 44.9. The minimum Gasteiger partial charge on any atom is -0.482 e. The molecule has 2 fully saturated rings. The number of benzene rings is 4. The van der Waals surface area contributed by atoms with Gasteiger partial charge in [0.15, 0.2) is 17.8 Å². The SMILES string of the molecule is COCC(CCO)c1c(CO)c2ccc3c(c2oc1=O)C1OC(=O)CC2CC(c4cccc(Cc5ccccc5)c4)C=CC2c2ccc(cc2)CCC(=C(C)CO)C(=O)OC1C1(CCCC2CCCCC21)O3. The van der Waals surface area contributed by atoms with Crippen molar-refractivity contribution in [3.05, 3.63) is 169 Å². The number of carbonyl (C=O) groups excluding carboxylic acids is 2. The molecular weight excluding hydrogens is 909 g/mol. The summed E-state index contributed by atoms with van der Waals surface area (Å²) in [6.07, 6.45) is 10.8. The van der Waals surface area contributed by atoms with Crippen LogP contribution in [0.2, 0.25) is 0 Å². The van der Waals surface area contributed by atoms with Crippen molar-refractivity contribution in [1.29, 1.82) is 0 Å². The van der Waals surface area contributed by atoms with E-state index in [9.17, 15) is 20.1 Å². The molecule has 9 unspecified atom stereocenters. The van der Waals surface area contributed by atoms with Gasteiger partial charge in [-0.2, -0.15) is 0 Å². The molecule has 11 rings (SSSR count). The number of aryl methyl sites for hydroxylation is 1. The monoisotopic (exact) mass is 976 g/mol. The molecule has 1 spiro atoms. The van der Waals surface area contributed by atoms with Crippen molar-refractivity contribution >= 4 is 22.9 Å². The van der Waals surface area contributed by atoms with Gasteiger partial charge in [0.2, 0.25) is 0 Å². The van der Waals surface area contributed by atoms with Crippen LogP contribution in [-0.4, -0.2) is 65.9 Å². The third-order valence-corrected chi connectivity index (χ3v) is 16.8. The summed E-state index contributed by atoms with van der Waals surface area (Å²) in [5.74, 6) is -1.35. The lowest BCUT2D eigenvalue weighted by Gasteiger charge is -2.56. The number of aliphatic hydroxyl groups is 3. The lowest BCUT2D eigenvalue weighted by Crippen LogP contribution is -2.63. The summed E-state index contributed by atoms with van der Waals surface area (Å²) in [6.45, 7) is 0.743. The Bertz CT molecular complexity index is 2870. The minimum absolute atomic E-state index is 0.0305. The number of carbonyl (C=O) groups is 2. The van der Waals surface area contributed by atoms with Crippen molar-refractivity contribution in [2.75, 3.05) is 26.9 Å². The number of hydrogen-bond donors (Lipinski definition) is 3. The topological polar surface area (TPSA) is 162 Å². The molecule has 9 atom stereocenters. The van der Waals surface area contributed by atoms with Crippen LogP contribution < -0.4 is 10.4 Å². The summed E-state index contributed by atoms with van der Waals surface area (Å²) in [5.41, 5.74) is 5.55. The van der Waals surface area contributed by atoms with Crippen molar-refractivity contribution in [2.24, 2.45) is 17.8 Å². The van der Waals surface area contributed by atoms with E-state index in [1.54, 1.807) is 19.1 Å². The van der Waals surface area contributed by atoms with Crippen molar-refractivity contribution < 1.29 is 48.3 Å². The molecule has 11 heteroatoms. The molecular formula is C61H68O11. The largest absolute Gasteiger partial charge is 0.482 e. The van der Waals surface area contributed by atoms with Crippen LogP contribution in [0.1, 0.15) is 146 Å². The number of ether oxygens (including phenoxy) is 4. The van der Waals surface area contributed by atoms with Gasteiger partial charge in [-0.25, -0.2) is 9.59 Å². The standard InChI is InChI=1S/C61H68O11/c1-37(34-63)47-23-19-38-17-20-41(21-18-38)48-24-22-44(43-14-8-12-40(31-43)30-39-10-4-3-5-11-39)32-46(48)33-53(65)69-57-55-52(72-61(58(57)71-59(47)66)28-9-15-42-13-6-7-16-51(42)61)26-25-49-50(35-64)54(60(67)70-56(49)55)45(27-29-62)36-68-2/h3-5,8,10-12,14,17-18,20-22,24-26,31,42,44-46,48,51,57-58,62-64H,6-7,9,13,15-16,19,23,27-30,32-36H2,1-2H3. The zero-order chi connectivity index (χ0) is 49.9. The van der Waals surface area contributed by atoms with Crippen molar-refractivity contribution in [1.82, 2.24) is 0 Å². The highest BCUT2D eigenvalue weighted by atomic mass is 16.6. The van der Waals surface area contributed by atoms with Crippen molar-refractivity contribution in [3.63, 3.8) is 0 Å². The summed E-state index contributed by atoms with van der Waals surface area (Å²) >= 11 is 0. The number of allylic oxidation sites excluding steroid dienone is 2. The lowest BCUT2D eigenvalue weighted by atomic mass is 9.59. The zero-order valence-corrected chi connectivity index (χ0v) is 41.6. The summed E-state index contributed by atoms with van der Waals surface area (Å²) in [6, 6.07) is 31.1.